The fourth-order valence-corrected chi connectivity index (χ4v) is 6.56. The third kappa shape index (κ3) is 2.17. The number of carbonyl (C=O) groups is 1. The fraction of sp³-hybridized carbons (Fsp3) is 0.850. The lowest BCUT2D eigenvalue weighted by Gasteiger charge is -2.61. The molecule has 0 radical (unpaired) electrons. The van der Waals surface area contributed by atoms with Gasteiger partial charge in [-0.1, -0.05) is 26.3 Å². The van der Waals surface area contributed by atoms with Crippen molar-refractivity contribution >= 4 is 5.97 Å². The second-order valence-corrected chi connectivity index (χ2v) is 9.18. The molecule has 6 atom stereocenters. The van der Waals surface area contributed by atoms with Crippen LogP contribution in [0.15, 0.2) is 12.7 Å². The Hall–Kier alpha value is -0.790. The average Bonchev–Trinajstić information content (AvgIpc) is 2.46. The minimum absolute atomic E-state index is 0.233. The number of rotatable bonds is 2. The summed E-state index contributed by atoms with van der Waals surface area (Å²) in [4.78, 5) is 12.0. The molecule has 0 saturated heterocycles. The SMILES string of the molecule is C=C[C@@]1(C)CC[C@@H]2C(CC[C@H]3[C@@]2(C)CCC[C@@]3(C)C(=O)O)C1. The maximum atomic E-state index is 12.0. The molecule has 3 fully saturated rings. The van der Waals surface area contributed by atoms with Gasteiger partial charge in [0.1, 0.15) is 0 Å². The Balaban J connectivity index is 1.90. The Labute approximate surface area is 135 Å². The highest BCUT2D eigenvalue weighted by Gasteiger charge is 2.59. The van der Waals surface area contributed by atoms with Crippen molar-refractivity contribution in [1.82, 2.24) is 0 Å². The summed E-state index contributed by atoms with van der Waals surface area (Å²) < 4.78 is 0. The van der Waals surface area contributed by atoms with Crippen molar-refractivity contribution in [1.29, 1.82) is 0 Å². The van der Waals surface area contributed by atoms with Crippen molar-refractivity contribution in [2.75, 3.05) is 0 Å². The van der Waals surface area contributed by atoms with Crippen molar-refractivity contribution in [2.24, 2.45) is 34.0 Å². The summed E-state index contributed by atoms with van der Waals surface area (Å²) >= 11 is 0. The molecule has 124 valence electrons. The van der Waals surface area contributed by atoms with Gasteiger partial charge in [-0.15, -0.1) is 6.58 Å². The van der Waals surface area contributed by atoms with Crippen molar-refractivity contribution in [3.05, 3.63) is 12.7 Å². The lowest BCUT2D eigenvalue weighted by Crippen LogP contribution is -2.56. The number of hydrogen-bond donors (Lipinski definition) is 1. The van der Waals surface area contributed by atoms with Gasteiger partial charge in [0, 0.05) is 0 Å². The highest BCUT2D eigenvalue weighted by Crippen LogP contribution is 2.65. The van der Waals surface area contributed by atoms with Crippen molar-refractivity contribution in [3.8, 4) is 0 Å². The molecule has 2 nitrogen and oxygen atoms in total. The highest BCUT2D eigenvalue weighted by molar-refractivity contribution is 5.75. The second kappa shape index (κ2) is 5.11. The van der Waals surface area contributed by atoms with Crippen LogP contribution in [-0.4, -0.2) is 11.1 Å². The third-order valence-corrected chi connectivity index (χ3v) is 7.96. The Kier molecular flexibility index (Phi) is 3.73. The predicted molar refractivity (Wildman–Crippen MR) is 89.6 cm³/mol. The molecule has 3 saturated carbocycles. The van der Waals surface area contributed by atoms with Gasteiger partial charge in [0.2, 0.25) is 0 Å². The largest absolute Gasteiger partial charge is 0.481 e. The quantitative estimate of drug-likeness (QED) is 0.704. The van der Waals surface area contributed by atoms with Gasteiger partial charge in [0.15, 0.2) is 0 Å². The highest BCUT2D eigenvalue weighted by atomic mass is 16.4. The molecule has 0 aromatic heterocycles. The van der Waals surface area contributed by atoms with Crippen LogP contribution in [0.2, 0.25) is 0 Å². The lowest BCUT2D eigenvalue weighted by molar-refractivity contribution is -0.173. The molecule has 2 heteroatoms. The zero-order valence-corrected chi connectivity index (χ0v) is 14.5. The molecule has 3 rings (SSSR count). The maximum absolute atomic E-state index is 12.0. The number of fused-ring (bicyclic) bond motifs is 3. The molecule has 0 amide bonds. The molecule has 0 aliphatic heterocycles. The lowest BCUT2D eigenvalue weighted by atomic mass is 9.43. The average molecular weight is 304 g/mol. The van der Waals surface area contributed by atoms with E-state index in [0.717, 1.165) is 31.1 Å². The van der Waals surface area contributed by atoms with Crippen LogP contribution < -0.4 is 0 Å². The van der Waals surface area contributed by atoms with Gasteiger partial charge in [0.25, 0.3) is 0 Å². The van der Waals surface area contributed by atoms with E-state index < -0.39 is 11.4 Å². The van der Waals surface area contributed by atoms with Gasteiger partial charge in [-0.2, -0.15) is 0 Å². The fourth-order valence-electron chi connectivity index (χ4n) is 6.56. The molecular formula is C20H32O2. The first kappa shape index (κ1) is 16.1. The topological polar surface area (TPSA) is 37.3 Å². The Morgan fingerprint density at radius 2 is 1.86 bits per heavy atom. The van der Waals surface area contributed by atoms with Gasteiger partial charge in [-0.3, -0.25) is 4.79 Å². The minimum atomic E-state index is -0.561. The molecule has 0 bridgehead atoms. The molecule has 0 spiro atoms. The van der Waals surface area contributed by atoms with Gasteiger partial charge < -0.3 is 5.11 Å². The Morgan fingerprint density at radius 1 is 1.14 bits per heavy atom. The number of carboxylic acids is 1. The van der Waals surface area contributed by atoms with E-state index in [0.29, 0.717) is 11.3 Å². The summed E-state index contributed by atoms with van der Waals surface area (Å²) in [6.07, 6.45) is 11.4. The Morgan fingerprint density at radius 3 is 2.50 bits per heavy atom. The predicted octanol–water partition coefficient (Wildman–Crippen LogP) is 5.29. The summed E-state index contributed by atoms with van der Waals surface area (Å²) in [6.45, 7) is 10.9. The first-order valence-corrected chi connectivity index (χ1v) is 9.12. The van der Waals surface area contributed by atoms with E-state index in [9.17, 15) is 9.90 Å². The van der Waals surface area contributed by atoms with Crippen LogP contribution in [0.4, 0.5) is 0 Å². The molecular weight excluding hydrogens is 272 g/mol. The second-order valence-electron chi connectivity index (χ2n) is 9.18. The summed E-state index contributed by atoms with van der Waals surface area (Å²) in [5.74, 6) is 1.29. The summed E-state index contributed by atoms with van der Waals surface area (Å²) in [7, 11) is 0. The van der Waals surface area contributed by atoms with Gasteiger partial charge in [0.05, 0.1) is 5.41 Å². The Bertz CT molecular complexity index is 484. The van der Waals surface area contributed by atoms with Gasteiger partial charge >= 0.3 is 5.97 Å². The molecule has 0 aromatic carbocycles. The van der Waals surface area contributed by atoms with Crippen LogP contribution in [0.25, 0.3) is 0 Å². The normalized spacial score (nSPS) is 51.5. The van der Waals surface area contributed by atoms with Crippen molar-refractivity contribution < 1.29 is 9.90 Å². The maximum Gasteiger partial charge on any atom is 0.309 e. The standard InChI is InChI=1S/C20H32O2/c1-5-18(2)12-9-15-14(13-18)7-8-16-19(15,3)10-6-11-20(16,4)17(21)22/h5,14-16H,1,6-13H2,2-4H3,(H,21,22)/t14?,15-,16+,18+,19+,20-/m1/s1. The van der Waals surface area contributed by atoms with Crippen molar-refractivity contribution in [3.63, 3.8) is 0 Å². The molecule has 22 heavy (non-hydrogen) atoms. The van der Waals surface area contributed by atoms with E-state index in [4.69, 9.17) is 0 Å². The van der Waals surface area contributed by atoms with E-state index in [2.05, 4.69) is 26.5 Å². The molecule has 3 aliphatic carbocycles. The van der Waals surface area contributed by atoms with E-state index in [1.165, 1.54) is 32.1 Å². The summed E-state index contributed by atoms with van der Waals surface area (Å²) in [5.41, 5.74) is 0.0308. The number of aliphatic carboxylic acids is 1. The molecule has 0 aromatic rings. The minimum Gasteiger partial charge on any atom is -0.481 e. The first-order chi connectivity index (χ1) is 10.3. The molecule has 1 N–H and O–H groups in total. The van der Waals surface area contributed by atoms with E-state index >= 15 is 0 Å². The zero-order chi connectivity index (χ0) is 16.2. The van der Waals surface area contributed by atoms with E-state index in [1.54, 1.807) is 0 Å². The van der Waals surface area contributed by atoms with Crippen LogP contribution in [0, 0.1) is 34.0 Å². The molecule has 0 heterocycles. The number of allylic oxidation sites excluding steroid dienone is 1. The van der Waals surface area contributed by atoms with Gasteiger partial charge in [-0.25, -0.2) is 0 Å². The van der Waals surface area contributed by atoms with E-state index in [-0.39, 0.29) is 5.41 Å². The van der Waals surface area contributed by atoms with Crippen LogP contribution in [0.1, 0.15) is 72.1 Å². The van der Waals surface area contributed by atoms with Crippen LogP contribution in [-0.2, 0) is 4.79 Å². The monoisotopic (exact) mass is 304 g/mol. The summed E-state index contributed by atoms with van der Waals surface area (Å²) in [5, 5.41) is 9.85. The molecule has 1 unspecified atom stereocenters. The number of hydrogen-bond acceptors (Lipinski definition) is 1. The van der Waals surface area contributed by atoms with Crippen LogP contribution >= 0.6 is 0 Å². The summed E-state index contributed by atoms with van der Waals surface area (Å²) in [6, 6.07) is 0. The number of carboxylic acid groups (broad SMARTS) is 1. The zero-order valence-electron chi connectivity index (χ0n) is 14.5. The van der Waals surface area contributed by atoms with Gasteiger partial charge in [-0.05, 0) is 80.5 Å². The first-order valence-electron chi connectivity index (χ1n) is 9.12. The van der Waals surface area contributed by atoms with E-state index in [1.807, 2.05) is 6.92 Å². The van der Waals surface area contributed by atoms with Crippen molar-refractivity contribution in [2.45, 2.75) is 72.1 Å². The van der Waals surface area contributed by atoms with Crippen LogP contribution in [0.5, 0.6) is 0 Å². The van der Waals surface area contributed by atoms with Crippen LogP contribution in [0.3, 0.4) is 0 Å². The third-order valence-electron chi connectivity index (χ3n) is 7.96. The molecule has 3 aliphatic rings. The smallest absolute Gasteiger partial charge is 0.309 e.